The van der Waals surface area contributed by atoms with Gasteiger partial charge in [0.15, 0.2) is 0 Å². The van der Waals surface area contributed by atoms with Gasteiger partial charge in [0.1, 0.15) is 6.54 Å². The highest BCUT2D eigenvalue weighted by molar-refractivity contribution is 5.88. The number of hydrogen-bond acceptors (Lipinski definition) is 3. The van der Waals surface area contributed by atoms with Crippen LogP contribution in [0.15, 0.2) is 0 Å². The van der Waals surface area contributed by atoms with Gasteiger partial charge in [-0.3, -0.25) is 14.4 Å². The number of rotatable bonds is 5. The number of hydrogen-bond donors (Lipinski definition) is 1. The highest BCUT2D eigenvalue weighted by atomic mass is 16.4. The van der Waals surface area contributed by atoms with Crippen LogP contribution in [0.1, 0.15) is 26.2 Å². The van der Waals surface area contributed by atoms with Crippen LogP contribution in [0.4, 0.5) is 0 Å². The summed E-state index contributed by atoms with van der Waals surface area (Å²) in [6, 6.07) is 0. The molecule has 1 rings (SSSR count). The fourth-order valence-corrected chi connectivity index (χ4v) is 2.11. The summed E-state index contributed by atoms with van der Waals surface area (Å²) in [6.07, 6.45) is 1.51. The van der Waals surface area contributed by atoms with E-state index in [0.717, 1.165) is 0 Å². The molecule has 18 heavy (non-hydrogen) atoms. The van der Waals surface area contributed by atoms with Crippen molar-refractivity contribution in [3.05, 3.63) is 0 Å². The Morgan fingerprint density at radius 3 is 2.67 bits per heavy atom. The first-order chi connectivity index (χ1) is 8.45. The van der Waals surface area contributed by atoms with Crippen molar-refractivity contribution in [2.45, 2.75) is 26.2 Å². The smallest absolute Gasteiger partial charge is 0.323 e. The predicted octanol–water partition coefficient (Wildman–Crippen LogP) is 0.178. The third-order valence-corrected chi connectivity index (χ3v) is 3.14. The van der Waals surface area contributed by atoms with Gasteiger partial charge in [-0.2, -0.15) is 0 Å². The topological polar surface area (TPSA) is 77.9 Å². The fraction of sp³-hybridized carbons (Fsp3) is 0.750. The maximum atomic E-state index is 12.2. The zero-order chi connectivity index (χ0) is 13.7. The zero-order valence-electron chi connectivity index (χ0n) is 10.9. The van der Waals surface area contributed by atoms with Gasteiger partial charge < -0.3 is 14.9 Å². The van der Waals surface area contributed by atoms with Crippen LogP contribution < -0.4 is 0 Å². The normalized spacial score (nSPS) is 19.8. The molecule has 0 spiro atoms. The Kier molecular flexibility index (Phi) is 5.12. The lowest BCUT2D eigenvalue weighted by atomic mass is 9.95. The van der Waals surface area contributed by atoms with E-state index in [1.807, 2.05) is 6.92 Å². The number of nitrogens with zero attached hydrogens (tertiary/aromatic N) is 2. The van der Waals surface area contributed by atoms with E-state index in [9.17, 15) is 14.4 Å². The van der Waals surface area contributed by atoms with Crippen LogP contribution in [-0.4, -0.2) is 59.4 Å². The molecule has 6 heteroatoms. The Morgan fingerprint density at radius 1 is 1.50 bits per heavy atom. The lowest BCUT2D eigenvalue weighted by Gasteiger charge is -2.31. The van der Waals surface area contributed by atoms with E-state index < -0.39 is 5.97 Å². The summed E-state index contributed by atoms with van der Waals surface area (Å²) >= 11 is 0. The van der Waals surface area contributed by atoms with Gasteiger partial charge in [0.25, 0.3) is 0 Å². The summed E-state index contributed by atoms with van der Waals surface area (Å²) in [7, 11) is 1.71. The van der Waals surface area contributed by atoms with Crippen molar-refractivity contribution in [3.63, 3.8) is 0 Å². The average Bonchev–Trinajstić information content (AvgIpc) is 2.31. The van der Waals surface area contributed by atoms with E-state index >= 15 is 0 Å². The Balaban J connectivity index is 2.65. The van der Waals surface area contributed by atoms with Gasteiger partial charge in [0, 0.05) is 32.5 Å². The van der Waals surface area contributed by atoms with E-state index in [-0.39, 0.29) is 30.7 Å². The second kappa shape index (κ2) is 6.37. The number of carbonyl (C=O) groups excluding carboxylic acids is 2. The molecule has 0 aromatic heterocycles. The molecule has 102 valence electrons. The number of carboxylic acid groups (broad SMARTS) is 1. The monoisotopic (exact) mass is 256 g/mol. The molecule has 0 unspecified atom stereocenters. The number of amides is 2. The van der Waals surface area contributed by atoms with Crippen molar-refractivity contribution in [2.75, 3.05) is 26.7 Å². The summed E-state index contributed by atoms with van der Waals surface area (Å²) in [4.78, 5) is 37.4. The lowest BCUT2D eigenvalue weighted by molar-refractivity contribution is -0.149. The maximum absolute atomic E-state index is 12.2. The number of piperidine rings is 1. The van der Waals surface area contributed by atoms with Crippen molar-refractivity contribution in [3.8, 4) is 0 Å². The first-order valence-corrected chi connectivity index (χ1v) is 6.20. The quantitative estimate of drug-likeness (QED) is 0.761. The molecular weight excluding hydrogens is 236 g/mol. The summed E-state index contributed by atoms with van der Waals surface area (Å²) in [6.45, 7) is 2.59. The molecule has 0 aromatic rings. The molecule has 1 fully saturated rings. The van der Waals surface area contributed by atoms with Gasteiger partial charge in [-0.05, 0) is 12.8 Å². The average molecular weight is 256 g/mol. The SMILES string of the molecule is CCCN(CC(=O)O)C(=O)[C@@H]1CCN(C)C(=O)C1. The van der Waals surface area contributed by atoms with E-state index in [0.29, 0.717) is 25.9 Å². The molecule has 1 saturated heterocycles. The van der Waals surface area contributed by atoms with Crippen molar-refractivity contribution in [1.82, 2.24) is 9.80 Å². The Hall–Kier alpha value is -1.59. The number of aliphatic carboxylic acids is 1. The van der Waals surface area contributed by atoms with Gasteiger partial charge in [0.2, 0.25) is 11.8 Å². The minimum atomic E-state index is -1.02. The third kappa shape index (κ3) is 3.72. The van der Waals surface area contributed by atoms with Crippen LogP contribution in [0.5, 0.6) is 0 Å². The second-order valence-electron chi connectivity index (χ2n) is 4.66. The van der Waals surface area contributed by atoms with Gasteiger partial charge in [-0.15, -0.1) is 0 Å². The molecule has 1 aliphatic heterocycles. The summed E-state index contributed by atoms with van der Waals surface area (Å²) in [5, 5.41) is 8.78. The standard InChI is InChI=1S/C12H20N2O4/c1-3-5-14(8-11(16)17)12(18)9-4-6-13(2)10(15)7-9/h9H,3-8H2,1-2H3,(H,16,17)/t9-/m1/s1. The van der Waals surface area contributed by atoms with Crippen molar-refractivity contribution >= 4 is 17.8 Å². The van der Waals surface area contributed by atoms with Crippen molar-refractivity contribution in [1.29, 1.82) is 0 Å². The van der Waals surface area contributed by atoms with Crippen LogP contribution in [0.3, 0.4) is 0 Å². The molecule has 0 radical (unpaired) electrons. The third-order valence-electron chi connectivity index (χ3n) is 3.14. The Labute approximate surface area is 107 Å². The lowest BCUT2D eigenvalue weighted by Crippen LogP contribution is -2.45. The molecule has 0 aromatic carbocycles. The van der Waals surface area contributed by atoms with Gasteiger partial charge in [-0.25, -0.2) is 0 Å². The highest BCUT2D eigenvalue weighted by Crippen LogP contribution is 2.19. The minimum Gasteiger partial charge on any atom is -0.480 e. The number of carboxylic acids is 1. The molecule has 1 aliphatic rings. The molecule has 1 heterocycles. The van der Waals surface area contributed by atoms with Crippen LogP contribution >= 0.6 is 0 Å². The number of likely N-dealkylation sites (tertiary alicyclic amines) is 1. The van der Waals surface area contributed by atoms with Crippen molar-refractivity contribution in [2.24, 2.45) is 5.92 Å². The molecule has 0 aliphatic carbocycles. The van der Waals surface area contributed by atoms with E-state index in [2.05, 4.69) is 0 Å². The summed E-state index contributed by atoms with van der Waals surface area (Å²) in [5.74, 6) is -1.64. The minimum absolute atomic E-state index is 0.0497. The van der Waals surface area contributed by atoms with E-state index in [1.54, 1.807) is 11.9 Å². The number of carbonyl (C=O) groups is 3. The molecule has 6 nitrogen and oxygen atoms in total. The molecule has 2 amide bonds. The summed E-state index contributed by atoms with van der Waals surface area (Å²) < 4.78 is 0. The zero-order valence-corrected chi connectivity index (χ0v) is 10.9. The second-order valence-corrected chi connectivity index (χ2v) is 4.66. The molecular formula is C12H20N2O4. The van der Waals surface area contributed by atoms with Crippen LogP contribution in [0.25, 0.3) is 0 Å². The Morgan fingerprint density at radius 2 is 2.17 bits per heavy atom. The molecule has 0 saturated carbocycles. The Bertz CT molecular complexity index is 343. The van der Waals surface area contributed by atoms with Crippen molar-refractivity contribution < 1.29 is 19.5 Å². The van der Waals surface area contributed by atoms with Gasteiger partial charge >= 0.3 is 5.97 Å². The molecule has 1 N–H and O–H groups in total. The van der Waals surface area contributed by atoms with Gasteiger partial charge in [-0.1, -0.05) is 6.92 Å². The molecule has 1 atom stereocenters. The largest absolute Gasteiger partial charge is 0.480 e. The van der Waals surface area contributed by atoms with E-state index in [1.165, 1.54) is 4.90 Å². The fourth-order valence-electron chi connectivity index (χ4n) is 2.11. The predicted molar refractivity (Wildman–Crippen MR) is 64.9 cm³/mol. The van der Waals surface area contributed by atoms with Crippen LogP contribution in [0.2, 0.25) is 0 Å². The maximum Gasteiger partial charge on any atom is 0.323 e. The summed E-state index contributed by atoms with van der Waals surface area (Å²) in [5.41, 5.74) is 0. The molecule has 0 bridgehead atoms. The van der Waals surface area contributed by atoms with Crippen LogP contribution in [0, 0.1) is 5.92 Å². The van der Waals surface area contributed by atoms with Gasteiger partial charge in [0.05, 0.1) is 0 Å². The first kappa shape index (κ1) is 14.5. The van der Waals surface area contributed by atoms with Crippen LogP contribution in [-0.2, 0) is 14.4 Å². The van der Waals surface area contributed by atoms with E-state index in [4.69, 9.17) is 5.11 Å². The first-order valence-electron chi connectivity index (χ1n) is 6.20. The highest BCUT2D eigenvalue weighted by Gasteiger charge is 2.31.